The maximum Gasteiger partial charge on any atom is 0.321 e. The summed E-state index contributed by atoms with van der Waals surface area (Å²) in [5, 5.41) is 8.12. The second-order valence-corrected chi connectivity index (χ2v) is 7.55. The minimum Gasteiger partial charge on any atom is -0.325 e. The predicted molar refractivity (Wildman–Crippen MR) is 107 cm³/mol. The highest BCUT2D eigenvalue weighted by Crippen LogP contribution is 2.23. The van der Waals surface area contributed by atoms with E-state index in [2.05, 4.69) is 29.2 Å². The van der Waals surface area contributed by atoms with Crippen molar-refractivity contribution in [3.05, 3.63) is 48.0 Å². The van der Waals surface area contributed by atoms with Crippen LogP contribution in [0.4, 0.5) is 14.9 Å². The number of likely N-dealkylation sites (tertiary alicyclic amines) is 1. The number of nitrogens with one attached hydrogen (secondary N) is 1. The average molecular weight is 381 g/mol. The van der Waals surface area contributed by atoms with Gasteiger partial charge in [0.05, 0.1) is 0 Å². The summed E-state index contributed by atoms with van der Waals surface area (Å²) in [5.41, 5.74) is 2.49. The number of aromatic nitrogens is 3. The van der Waals surface area contributed by atoms with Crippen LogP contribution in [0.15, 0.2) is 36.7 Å². The lowest BCUT2D eigenvalue weighted by Gasteiger charge is -2.26. The number of amides is 2. The van der Waals surface area contributed by atoms with Gasteiger partial charge >= 0.3 is 6.03 Å². The SMILES string of the molecule is CC(C)c1cnc2nn(-c3cc(NC(=O)N4CCCCC4)ccc3F)cc2c1. The fourth-order valence-electron chi connectivity index (χ4n) is 3.44. The van der Waals surface area contributed by atoms with Crippen LogP contribution in [0.2, 0.25) is 0 Å². The molecular formula is C21H24FN5O. The lowest BCUT2D eigenvalue weighted by Crippen LogP contribution is -2.38. The predicted octanol–water partition coefficient (Wildman–Crippen LogP) is 4.70. The van der Waals surface area contributed by atoms with Gasteiger partial charge in [0, 0.05) is 36.6 Å². The Hall–Kier alpha value is -2.96. The summed E-state index contributed by atoms with van der Waals surface area (Å²) in [6.07, 6.45) is 6.77. The van der Waals surface area contributed by atoms with E-state index in [9.17, 15) is 9.18 Å². The molecule has 1 saturated heterocycles. The van der Waals surface area contributed by atoms with Gasteiger partial charge in [0.2, 0.25) is 0 Å². The molecule has 1 aliphatic rings. The van der Waals surface area contributed by atoms with Crippen LogP contribution < -0.4 is 5.32 Å². The summed E-state index contributed by atoms with van der Waals surface area (Å²) in [6, 6.07) is 6.40. The first-order valence-corrected chi connectivity index (χ1v) is 9.72. The van der Waals surface area contributed by atoms with Crippen molar-refractivity contribution >= 4 is 22.8 Å². The Morgan fingerprint density at radius 1 is 1.18 bits per heavy atom. The Kier molecular flexibility index (Phi) is 4.98. The smallest absolute Gasteiger partial charge is 0.321 e. The molecule has 0 aliphatic carbocycles. The van der Waals surface area contributed by atoms with Gasteiger partial charge in [0.15, 0.2) is 5.65 Å². The summed E-state index contributed by atoms with van der Waals surface area (Å²) >= 11 is 0. The maximum absolute atomic E-state index is 14.5. The molecule has 146 valence electrons. The van der Waals surface area contributed by atoms with Gasteiger partial charge in [-0.25, -0.2) is 18.9 Å². The first kappa shape index (κ1) is 18.4. The fourth-order valence-corrected chi connectivity index (χ4v) is 3.44. The molecule has 2 aromatic heterocycles. The largest absolute Gasteiger partial charge is 0.325 e. The van der Waals surface area contributed by atoms with Gasteiger partial charge in [0.1, 0.15) is 11.5 Å². The van der Waals surface area contributed by atoms with Gasteiger partial charge < -0.3 is 10.2 Å². The molecule has 4 rings (SSSR count). The number of benzene rings is 1. The van der Waals surface area contributed by atoms with Gasteiger partial charge in [-0.2, -0.15) is 0 Å². The van der Waals surface area contributed by atoms with Gasteiger partial charge in [0.25, 0.3) is 0 Å². The van der Waals surface area contributed by atoms with Crippen molar-refractivity contribution in [1.82, 2.24) is 19.7 Å². The zero-order valence-electron chi connectivity index (χ0n) is 16.2. The quantitative estimate of drug-likeness (QED) is 0.715. The number of nitrogens with zero attached hydrogens (tertiary/aromatic N) is 4. The lowest BCUT2D eigenvalue weighted by atomic mass is 10.1. The molecule has 1 N–H and O–H groups in total. The molecule has 0 saturated carbocycles. The normalized spacial score (nSPS) is 14.6. The number of piperidine rings is 1. The number of anilines is 1. The lowest BCUT2D eigenvalue weighted by molar-refractivity contribution is 0.200. The molecule has 0 radical (unpaired) electrons. The van der Waals surface area contributed by atoms with Crippen LogP contribution in [0.1, 0.15) is 44.6 Å². The van der Waals surface area contributed by atoms with E-state index in [1.54, 1.807) is 29.4 Å². The minimum atomic E-state index is -0.409. The standard InChI is InChI=1S/C21H24FN5O/c1-14(2)15-10-16-13-27(25-20(16)23-12-15)19-11-17(6-7-18(19)22)24-21(28)26-8-4-3-5-9-26/h6-7,10-14H,3-5,8-9H2,1-2H3,(H,24,28). The number of hydrogen-bond donors (Lipinski definition) is 1. The van der Waals surface area contributed by atoms with Crippen LogP contribution >= 0.6 is 0 Å². The van der Waals surface area contributed by atoms with Gasteiger partial charge in [-0.05, 0) is 55.0 Å². The highest BCUT2D eigenvalue weighted by Gasteiger charge is 2.17. The number of fused-ring (bicyclic) bond motifs is 1. The Morgan fingerprint density at radius 2 is 1.96 bits per heavy atom. The van der Waals surface area contributed by atoms with E-state index in [0.29, 0.717) is 17.3 Å². The van der Waals surface area contributed by atoms with E-state index >= 15 is 0 Å². The molecule has 0 atom stereocenters. The Bertz CT molecular complexity index is 1010. The topological polar surface area (TPSA) is 63.1 Å². The first-order valence-electron chi connectivity index (χ1n) is 9.72. The van der Waals surface area contributed by atoms with Crippen LogP contribution in [-0.2, 0) is 0 Å². The first-order chi connectivity index (χ1) is 13.5. The number of carbonyl (C=O) groups is 1. The van der Waals surface area contributed by atoms with Crippen molar-refractivity contribution in [2.75, 3.05) is 18.4 Å². The van der Waals surface area contributed by atoms with Gasteiger partial charge in [-0.15, -0.1) is 5.10 Å². The van der Waals surface area contributed by atoms with E-state index in [1.807, 2.05) is 6.07 Å². The number of rotatable bonds is 3. The molecule has 1 aromatic carbocycles. The molecule has 6 nitrogen and oxygen atoms in total. The molecule has 3 heterocycles. The van der Waals surface area contributed by atoms with Crippen molar-refractivity contribution in [3.8, 4) is 5.69 Å². The molecule has 1 fully saturated rings. The second-order valence-electron chi connectivity index (χ2n) is 7.55. The van der Waals surface area contributed by atoms with E-state index < -0.39 is 5.82 Å². The summed E-state index contributed by atoms with van der Waals surface area (Å²) in [5.74, 6) is -0.0572. The van der Waals surface area contributed by atoms with E-state index in [-0.39, 0.29) is 11.7 Å². The molecule has 1 aliphatic heterocycles. The van der Waals surface area contributed by atoms with Crippen molar-refractivity contribution in [2.24, 2.45) is 0 Å². The minimum absolute atomic E-state index is 0.147. The van der Waals surface area contributed by atoms with Crippen LogP contribution in [-0.4, -0.2) is 38.8 Å². The Morgan fingerprint density at radius 3 is 2.71 bits per heavy atom. The fraction of sp³-hybridized carbons (Fsp3) is 0.381. The van der Waals surface area contributed by atoms with Crippen LogP contribution in [0.3, 0.4) is 0 Å². The summed E-state index contributed by atoms with van der Waals surface area (Å²) in [4.78, 5) is 18.6. The van der Waals surface area contributed by atoms with Gasteiger partial charge in [-0.1, -0.05) is 13.8 Å². The zero-order chi connectivity index (χ0) is 19.7. The molecule has 2 amide bonds. The van der Waals surface area contributed by atoms with Crippen LogP contribution in [0, 0.1) is 5.82 Å². The van der Waals surface area contributed by atoms with E-state index in [4.69, 9.17) is 0 Å². The summed E-state index contributed by atoms with van der Waals surface area (Å²) in [7, 11) is 0. The number of pyridine rings is 1. The number of urea groups is 1. The number of carbonyl (C=O) groups excluding carboxylic acids is 1. The van der Waals surface area contributed by atoms with Crippen molar-refractivity contribution in [3.63, 3.8) is 0 Å². The number of hydrogen-bond acceptors (Lipinski definition) is 3. The van der Waals surface area contributed by atoms with Gasteiger partial charge in [-0.3, -0.25) is 0 Å². The van der Waals surface area contributed by atoms with Crippen LogP contribution in [0.5, 0.6) is 0 Å². The Balaban J connectivity index is 1.61. The second kappa shape index (κ2) is 7.58. The summed E-state index contributed by atoms with van der Waals surface area (Å²) in [6.45, 7) is 5.71. The molecule has 3 aromatic rings. The monoisotopic (exact) mass is 381 g/mol. The third kappa shape index (κ3) is 3.69. The maximum atomic E-state index is 14.5. The van der Waals surface area contributed by atoms with Crippen molar-refractivity contribution in [1.29, 1.82) is 0 Å². The molecule has 0 unspecified atom stereocenters. The van der Waals surface area contributed by atoms with Crippen molar-refractivity contribution in [2.45, 2.75) is 39.0 Å². The molecular weight excluding hydrogens is 357 g/mol. The molecule has 0 spiro atoms. The van der Waals surface area contributed by atoms with Crippen molar-refractivity contribution < 1.29 is 9.18 Å². The molecule has 28 heavy (non-hydrogen) atoms. The van der Waals surface area contributed by atoms with Crippen LogP contribution in [0.25, 0.3) is 16.7 Å². The Labute approximate surface area is 163 Å². The third-order valence-electron chi connectivity index (χ3n) is 5.13. The van der Waals surface area contributed by atoms with E-state index in [1.165, 1.54) is 10.7 Å². The molecule has 0 bridgehead atoms. The zero-order valence-corrected chi connectivity index (χ0v) is 16.2. The number of halogens is 1. The van der Waals surface area contributed by atoms with E-state index in [0.717, 1.165) is 43.3 Å². The highest BCUT2D eigenvalue weighted by atomic mass is 19.1. The average Bonchev–Trinajstić information content (AvgIpc) is 3.13. The third-order valence-corrected chi connectivity index (χ3v) is 5.13. The molecule has 7 heteroatoms. The summed E-state index contributed by atoms with van der Waals surface area (Å²) < 4.78 is 16.0. The highest BCUT2D eigenvalue weighted by molar-refractivity contribution is 5.89.